The van der Waals surface area contributed by atoms with Crippen molar-refractivity contribution in [1.82, 2.24) is 5.32 Å². The number of methoxy groups -OCH3 is 1. The van der Waals surface area contributed by atoms with Gasteiger partial charge in [0.2, 0.25) is 0 Å². The lowest BCUT2D eigenvalue weighted by Gasteiger charge is -2.15. The van der Waals surface area contributed by atoms with E-state index in [0.29, 0.717) is 19.3 Å². The third-order valence-electron chi connectivity index (χ3n) is 3.37. The van der Waals surface area contributed by atoms with Crippen LogP contribution in [-0.2, 0) is 15.9 Å². The van der Waals surface area contributed by atoms with Crippen molar-refractivity contribution in [3.05, 3.63) is 35.4 Å². The molecule has 0 fully saturated rings. The van der Waals surface area contributed by atoms with Crippen LogP contribution in [0.1, 0.15) is 43.9 Å². The molecule has 0 saturated carbocycles. The van der Waals surface area contributed by atoms with Crippen LogP contribution in [0.15, 0.2) is 24.3 Å². The number of nitrogens with one attached hydrogen (secondary N) is 1. The van der Waals surface area contributed by atoms with Gasteiger partial charge in [0.25, 0.3) is 0 Å². The number of hydrogen-bond donors (Lipinski definition) is 1. The van der Waals surface area contributed by atoms with Gasteiger partial charge in [0, 0.05) is 19.8 Å². The Bertz CT molecular complexity index is 337. The molecule has 0 radical (unpaired) electrons. The van der Waals surface area contributed by atoms with Crippen LogP contribution in [0, 0.1) is 0 Å². The van der Waals surface area contributed by atoms with Crippen molar-refractivity contribution in [3.8, 4) is 0 Å². The maximum absolute atomic E-state index is 5.44. The van der Waals surface area contributed by atoms with E-state index in [1.54, 1.807) is 7.11 Å². The van der Waals surface area contributed by atoms with Crippen LogP contribution >= 0.6 is 0 Å². The van der Waals surface area contributed by atoms with Gasteiger partial charge in [0.05, 0.1) is 13.2 Å². The number of benzene rings is 1. The molecule has 0 aromatic heterocycles. The molecule has 1 atom stereocenters. The van der Waals surface area contributed by atoms with Crippen LogP contribution in [-0.4, -0.2) is 33.5 Å². The summed E-state index contributed by atoms with van der Waals surface area (Å²) in [5.74, 6) is 0. The van der Waals surface area contributed by atoms with E-state index in [2.05, 4.69) is 43.4 Å². The van der Waals surface area contributed by atoms with Crippen molar-refractivity contribution in [2.45, 2.75) is 39.2 Å². The topological polar surface area (TPSA) is 30.5 Å². The normalized spacial score (nSPS) is 12.6. The maximum atomic E-state index is 5.44. The van der Waals surface area contributed by atoms with Gasteiger partial charge in [-0.05, 0) is 37.4 Å². The molecule has 0 amide bonds. The fourth-order valence-electron chi connectivity index (χ4n) is 2.12. The molecule has 20 heavy (non-hydrogen) atoms. The van der Waals surface area contributed by atoms with Crippen molar-refractivity contribution in [3.63, 3.8) is 0 Å². The Balaban J connectivity index is 2.17. The summed E-state index contributed by atoms with van der Waals surface area (Å²) in [5, 5.41) is 3.53. The summed E-state index contributed by atoms with van der Waals surface area (Å²) in [4.78, 5) is 0. The highest BCUT2D eigenvalue weighted by atomic mass is 16.5. The Morgan fingerprint density at radius 2 is 1.85 bits per heavy atom. The van der Waals surface area contributed by atoms with Crippen LogP contribution in [0.3, 0.4) is 0 Å². The minimum absolute atomic E-state index is 0.393. The Labute approximate surface area is 123 Å². The largest absolute Gasteiger partial charge is 0.382 e. The molecule has 3 nitrogen and oxygen atoms in total. The Hall–Kier alpha value is -0.900. The molecule has 1 rings (SSSR count). The van der Waals surface area contributed by atoms with E-state index in [1.807, 2.05) is 0 Å². The molecule has 1 aromatic rings. The molecule has 0 aliphatic heterocycles. The fraction of sp³-hybridized carbons (Fsp3) is 0.647. The molecule has 1 unspecified atom stereocenters. The minimum atomic E-state index is 0.393. The highest BCUT2D eigenvalue weighted by Crippen LogP contribution is 2.14. The van der Waals surface area contributed by atoms with Crippen LogP contribution < -0.4 is 5.32 Å². The van der Waals surface area contributed by atoms with Crippen molar-refractivity contribution >= 4 is 0 Å². The molecule has 114 valence electrons. The van der Waals surface area contributed by atoms with E-state index in [4.69, 9.17) is 9.47 Å². The fourth-order valence-corrected chi connectivity index (χ4v) is 2.12. The van der Waals surface area contributed by atoms with Gasteiger partial charge in [0.1, 0.15) is 0 Å². The molecule has 0 bridgehead atoms. The highest BCUT2D eigenvalue weighted by molar-refractivity contribution is 5.24. The average Bonchev–Trinajstić information content (AvgIpc) is 2.47. The summed E-state index contributed by atoms with van der Waals surface area (Å²) in [6.45, 7) is 7.55. The zero-order valence-electron chi connectivity index (χ0n) is 13.2. The third kappa shape index (κ3) is 7.04. The zero-order valence-corrected chi connectivity index (χ0v) is 13.2. The number of aryl methyl sites for hydroxylation is 1. The molecular formula is C17H29NO2. The Morgan fingerprint density at radius 1 is 1.10 bits per heavy atom. The predicted octanol–water partition coefficient (Wildman–Crippen LogP) is 3.34. The Kier molecular flexibility index (Phi) is 9.29. The molecule has 0 saturated heterocycles. The number of ether oxygens (including phenoxy) is 2. The lowest BCUT2D eigenvalue weighted by Crippen LogP contribution is -2.21. The molecule has 0 heterocycles. The van der Waals surface area contributed by atoms with E-state index < -0.39 is 0 Å². The van der Waals surface area contributed by atoms with Crippen molar-refractivity contribution in [1.29, 1.82) is 0 Å². The number of rotatable bonds is 11. The van der Waals surface area contributed by atoms with Gasteiger partial charge in [-0.3, -0.25) is 0 Å². The summed E-state index contributed by atoms with van der Waals surface area (Å²) in [7, 11) is 1.69. The van der Waals surface area contributed by atoms with Crippen molar-refractivity contribution in [2.75, 3.05) is 33.5 Å². The smallest absolute Gasteiger partial charge is 0.0700 e. The molecule has 3 heteroatoms. The molecular weight excluding hydrogens is 250 g/mol. The maximum Gasteiger partial charge on any atom is 0.0700 e. The second kappa shape index (κ2) is 10.8. The van der Waals surface area contributed by atoms with Crippen molar-refractivity contribution in [2.24, 2.45) is 0 Å². The average molecular weight is 279 g/mol. The van der Waals surface area contributed by atoms with E-state index in [-0.39, 0.29) is 0 Å². The molecule has 0 spiro atoms. The van der Waals surface area contributed by atoms with Gasteiger partial charge in [0.15, 0.2) is 0 Å². The lowest BCUT2D eigenvalue weighted by molar-refractivity contribution is 0.0693. The Morgan fingerprint density at radius 3 is 2.50 bits per heavy atom. The van der Waals surface area contributed by atoms with Gasteiger partial charge in [-0.2, -0.15) is 0 Å². The van der Waals surface area contributed by atoms with E-state index >= 15 is 0 Å². The van der Waals surface area contributed by atoms with E-state index in [0.717, 1.165) is 19.6 Å². The standard InChI is InChI=1S/C17H29NO2/c1-4-6-16-7-9-17(10-8-16)15(2)18-11-5-12-20-14-13-19-3/h7-10,15,18H,4-6,11-14H2,1-3H3. The predicted molar refractivity (Wildman–Crippen MR) is 84.2 cm³/mol. The van der Waals surface area contributed by atoms with Crippen LogP contribution in [0.25, 0.3) is 0 Å². The van der Waals surface area contributed by atoms with Crippen molar-refractivity contribution < 1.29 is 9.47 Å². The first-order chi connectivity index (χ1) is 9.77. The van der Waals surface area contributed by atoms with Crippen LogP contribution in [0.2, 0.25) is 0 Å². The first-order valence-electron chi connectivity index (χ1n) is 7.66. The first-order valence-corrected chi connectivity index (χ1v) is 7.66. The SMILES string of the molecule is CCCc1ccc(C(C)NCCCOCCOC)cc1. The molecule has 0 aliphatic carbocycles. The summed E-state index contributed by atoms with van der Waals surface area (Å²) in [5.41, 5.74) is 2.78. The highest BCUT2D eigenvalue weighted by Gasteiger charge is 2.04. The summed E-state index contributed by atoms with van der Waals surface area (Å²) < 4.78 is 10.4. The zero-order chi connectivity index (χ0) is 14.6. The summed E-state index contributed by atoms with van der Waals surface area (Å²) >= 11 is 0. The van der Waals surface area contributed by atoms with E-state index in [1.165, 1.54) is 24.0 Å². The molecule has 1 N–H and O–H groups in total. The first kappa shape index (κ1) is 17.2. The quantitative estimate of drug-likeness (QED) is 0.630. The second-order valence-electron chi connectivity index (χ2n) is 5.13. The summed E-state index contributed by atoms with van der Waals surface area (Å²) in [6, 6.07) is 9.34. The van der Waals surface area contributed by atoms with Crippen LogP contribution in [0.5, 0.6) is 0 Å². The van der Waals surface area contributed by atoms with E-state index in [9.17, 15) is 0 Å². The molecule has 0 aliphatic rings. The lowest BCUT2D eigenvalue weighted by atomic mass is 10.0. The van der Waals surface area contributed by atoms with Gasteiger partial charge in [-0.15, -0.1) is 0 Å². The van der Waals surface area contributed by atoms with Gasteiger partial charge in [-0.25, -0.2) is 0 Å². The monoisotopic (exact) mass is 279 g/mol. The van der Waals surface area contributed by atoms with Crippen LogP contribution in [0.4, 0.5) is 0 Å². The van der Waals surface area contributed by atoms with Gasteiger partial charge in [-0.1, -0.05) is 37.6 Å². The van der Waals surface area contributed by atoms with Gasteiger partial charge < -0.3 is 14.8 Å². The van der Waals surface area contributed by atoms with Gasteiger partial charge >= 0.3 is 0 Å². The molecule has 1 aromatic carbocycles. The minimum Gasteiger partial charge on any atom is -0.382 e. The summed E-state index contributed by atoms with van der Waals surface area (Å²) in [6.07, 6.45) is 3.40. The second-order valence-corrected chi connectivity index (χ2v) is 5.13. The third-order valence-corrected chi connectivity index (χ3v) is 3.37. The number of hydrogen-bond acceptors (Lipinski definition) is 3.